The third-order valence-corrected chi connectivity index (χ3v) is 3.53. The van der Waals surface area contributed by atoms with Crippen molar-refractivity contribution in [1.82, 2.24) is 19.9 Å². The van der Waals surface area contributed by atoms with Crippen molar-refractivity contribution in [3.05, 3.63) is 53.5 Å². The number of anilines is 1. The zero-order valence-corrected chi connectivity index (χ0v) is 12.2. The summed E-state index contributed by atoms with van der Waals surface area (Å²) in [4.78, 5) is 16.0. The highest BCUT2D eigenvalue weighted by molar-refractivity contribution is 9.10. The Bertz CT molecular complexity index is 795. The maximum absolute atomic E-state index is 14.0. The van der Waals surface area contributed by atoms with Gasteiger partial charge in [-0.1, -0.05) is 0 Å². The van der Waals surface area contributed by atoms with E-state index in [1.165, 1.54) is 12.5 Å². The molecule has 0 bridgehead atoms. The van der Waals surface area contributed by atoms with Gasteiger partial charge in [-0.25, -0.2) is 19.3 Å². The molecule has 7 heteroatoms. The van der Waals surface area contributed by atoms with Crippen molar-refractivity contribution >= 4 is 21.7 Å². The van der Waals surface area contributed by atoms with Crippen LogP contribution in [0.4, 0.5) is 10.2 Å². The van der Waals surface area contributed by atoms with Gasteiger partial charge in [0.25, 0.3) is 0 Å². The minimum absolute atomic E-state index is 0.312. The highest BCUT2D eigenvalue weighted by Crippen LogP contribution is 2.35. The molecule has 21 heavy (non-hydrogen) atoms. The predicted molar refractivity (Wildman–Crippen MR) is 80.6 cm³/mol. The van der Waals surface area contributed by atoms with E-state index in [2.05, 4.69) is 35.9 Å². The van der Waals surface area contributed by atoms with E-state index in [9.17, 15) is 4.39 Å². The summed E-state index contributed by atoms with van der Waals surface area (Å²) in [7, 11) is 0. The van der Waals surface area contributed by atoms with Gasteiger partial charge in [0.1, 0.15) is 18.0 Å². The van der Waals surface area contributed by atoms with Gasteiger partial charge in [0.05, 0.1) is 16.4 Å². The SMILES string of the molecule is Nc1nc(-c2cncnc2)c(-c2ccncc2F)cc1Br. The Labute approximate surface area is 128 Å². The molecular weight excluding hydrogens is 337 g/mol. The topological polar surface area (TPSA) is 77.6 Å². The molecule has 0 fully saturated rings. The van der Waals surface area contributed by atoms with E-state index in [0.717, 1.165) is 6.20 Å². The summed E-state index contributed by atoms with van der Waals surface area (Å²) >= 11 is 3.32. The van der Waals surface area contributed by atoms with Gasteiger partial charge in [0, 0.05) is 35.3 Å². The summed E-state index contributed by atoms with van der Waals surface area (Å²) in [5.41, 5.74) is 7.98. The number of nitrogens with two attached hydrogens (primary N) is 1. The Morgan fingerprint density at radius 3 is 2.52 bits per heavy atom. The maximum Gasteiger partial charge on any atom is 0.149 e. The van der Waals surface area contributed by atoms with Gasteiger partial charge in [-0.15, -0.1) is 0 Å². The molecule has 0 aliphatic heterocycles. The molecule has 3 rings (SSSR count). The van der Waals surface area contributed by atoms with E-state index in [4.69, 9.17) is 5.73 Å². The van der Waals surface area contributed by atoms with Crippen molar-refractivity contribution in [2.75, 3.05) is 5.73 Å². The second-order valence-electron chi connectivity index (χ2n) is 4.23. The number of pyridine rings is 2. The fourth-order valence-electron chi connectivity index (χ4n) is 1.94. The molecular formula is C14H9BrFN5. The lowest BCUT2D eigenvalue weighted by molar-refractivity contribution is 0.625. The first-order chi connectivity index (χ1) is 10.2. The number of halogens is 2. The smallest absolute Gasteiger partial charge is 0.149 e. The molecule has 0 aliphatic carbocycles. The number of aromatic nitrogens is 4. The van der Waals surface area contributed by atoms with Crippen LogP contribution in [-0.4, -0.2) is 19.9 Å². The number of rotatable bonds is 2. The van der Waals surface area contributed by atoms with Gasteiger partial charge in [-0.3, -0.25) is 4.98 Å². The Kier molecular flexibility index (Phi) is 3.57. The monoisotopic (exact) mass is 345 g/mol. The first kappa shape index (κ1) is 13.6. The Balaban J connectivity index is 2.30. The van der Waals surface area contributed by atoms with Crippen LogP contribution in [0.3, 0.4) is 0 Å². The normalized spacial score (nSPS) is 10.6. The highest BCUT2D eigenvalue weighted by atomic mass is 79.9. The zero-order chi connectivity index (χ0) is 14.8. The van der Waals surface area contributed by atoms with Crippen molar-refractivity contribution in [2.45, 2.75) is 0 Å². The van der Waals surface area contributed by atoms with E-state index in [-0.39, 0.29) is 0 Å². The van der Waals surface area contributed by atoms with Crippen LogP contribution < -0.4 is 5.73 Å². The fraction of sp³-hybridized carbons (Fsp3) is 0. The third-order valence-electron chi connectivity index (χ3n) is 2.90. The molecule has 0 aromatic carbocycles. The van der Waals surface area contributed by atoms with Crippen LogP contribution in [0.5, 0.6) is 0 Å². The minimum Gasteiger partial charge on any atom is -0.383 e. The van der Waals surface area contributed by atoms with Crippen LogP contribution >= 0.6 is 15.9 Å². The molecule has 0 atom stereocenters. The third kappa shape index (κ3) is 2.59. The molecule has 3 heterocycles. The van der Waals surface area contributed by atoms with E-state index in [1.54, 1.807) is 24.5 Å². The van der Waals surface area contributed by atoms with Gasteiger partial charge in [-0.2, -0.15) is 0 Å². The molecule has 3 aromatic rings. The van der Waals surface area contributed by atoms with Crippen molar-refractivity contribution in [3.63, 3.8) is 0 Å². The Morgan fingerprint density at radius 1 is 1.05 bits per heavy atom. The van der Waals surface area contributed by atoms with Gasteiger partial charge in [0.15, 0.2) is 0 Å². The molecule has 2 N–H and O–H groups in total. The number of nitrogens with zero attached hydrogens (tertiary/aromatic N) is 4. The number of hydrogen-bond donors (Lipinski definition) is 1. The molecule has 5 nitrogen and oxygen atoms in total. The van der Waals surface area contributed by atoms with Gasteiger partial charge in [0.2, 0.25) is 0 Å². The van der Waals surface area contributed by atoms with E-state index >= 15 is 0 Å². The number of nitrogen functional groups attached to an aromatic ring is 1. The average Bonchev–Trinajstić information content (AvgIpc) is 2.51. The maximum atomic E-state index is 14.0. The van der Waals surface area contributed by atoms with E-state index in [0.29, 0.717) is 32.7 Å². The first-order valence-electron chi connectivity index (χ1n) is 5.98. The molecule has 3 aromatic heterocycles. The quantitative estimate of drug-likeness (QED) is 0.772. The first-order valence-corrected chi connectivity index (χ1v) is 6.77. The lowest BCUT2D eigenvalue weighted by Crippen LogP contribution is -1.99. The van der Waals surface area contributed by atoms with E-state index in [1.807, 2.05) is 0 Å². The van der Waals surface area contributed by atoms with Crippen LogP contribution in [0.25, 0.3) is 22.4 Å². The molecule has 104 valence electrons. The summed E-state index contributed by atoms with van der Waals surface area (Å²) in [6.45, 7) is 0. The van der Waals surface area contributed by atoms with Gasteiger partial charge in [-0.05, 0) is 28.1 Å². The van der Waals surface area contributed by atoms with Gasteiger partial charge < -0.3 is 5.73 Å². The van der Waals surface area contributed by atoms with Crippen molar-refractivity contribution < 1.29 is 4.39 Å². The van der Waals surface area contributed by atoms with E-state index < -0.39 is 5.82 Å². The Morgan fingerprint density at radius 2 is 1.81 bits per heavy atom. The second kappa shape index (κ2) is 5.53. The van der Waals surface area contributed by atoms with Crippen molar-refractivity contribution in [1.29, 1.82) is 0 Å². The number of hydrogen-bond acceptors (Lipinski definition) is 5. The standard InChI is InChI=1S/C14H9BrFN5/c15-11-3-10(9-1-2-18-6-12(9)16)13(21-14(11)17)8-4-19-7-20-5-8/h1-7H,(H2,17,21). The lowest BCUT2D eigenvalue weighted by Gasteiger charge is -2.11. The second-order valence-corrected chi connectivity index (χ2v) is 5.09. The van der Waals surface area contributed by atoms with Crippen LogP contribution in [0.2, 0.25) is 0 Å². The van der Waals surface area contributed by atoms with Crippen LogP contribution in [0, 0.1) is 5.82 Å². The average molecular weight is 346 g/mol. The van der Waals surface area contributed by atoms with Crippen molar-refractivity contribution in [3.8, 4) is 22.4 Å². The summed E-state index contributed by atoms with van der Waals surface area (Å²) in [5.74, 6) is -0.124. The minimum atomic E-state index is -0.436. The molecule has 0 radical (unpaired) electrons. The van der Waals surface area contributed by atoms with Crippen molar-refractivity contribution in [2.24, 2.45) is 0 Å². The summed E-state index contributed by atoms with van der Waals surface area (Å²) < 4.78 is 14.6. The zero-order valence-electron chi connectivity index (χ0n) is 10.7. The molecule has 0 amide bonds. The van der Waals surface area contributed by atoms with Crippen LogP contribution in [0.15, 0.2) is 47.7 Å². The summed E-state index contributed by atoms with van der Waals surface area (Å²) in [6, 6.07) is 3.31. The molecule has 0 unspecified atom stereocenters. The summed E-state index contributed by atoms with van der Waals surface area (Å²) in [5, 5.41) is 0. The lowest BCUT2D eigenvalue weighted by atomic mass is 10.0. The molecule has 0 saturated heterocycles. The van der Waals surface area contributed by atoms with Crippen LogP contribution in [0.1, 0.15) is 0 Å². The molecule has 0 aliphatic rings. The van der Waals surface area contributed by atoms with Crippen LogP contribution in [-0.2, 0) is 0 Å². The highest BCUT2D eigenvalue weighted by Gasteiger charge is 2.15. The Hall–Kier alpha value is -2.41. The predicted octanol–water partition coefficient (Wildman–Crippen LogP) is 3.08. The summed E-state index contributed by atoms with van der Waals surface area (Å²) in [6.07, 6.45) is 7.30. The molecule has 0 saturated carbocycles. The fourth-order valence-corrected chi connectivity index (χ4v) is 2.26. The largest absolute Gasteiger partial charge is 0.383 e. The van der Waals surface area contributed by atoms with Gasteiger partial charge >= 0.3 is 0 Å². The molecule has 0 spiro atoms.